The third-order valence-electron chi connectivity index (χ3n) is 5.14. The van der Waals surface area contributed by atoms with Crippen LogP contribution in [0.25, 0.3) is 0 Å². The second-order valence-electron chi connectivity index (χ2n) is 6.92. The van der Waals surface area contributed by atoms with Crippen LogP contribution in [0.4, 0.5) is 0 Å². The predicted molar refractivity (Wildman–Crippen MR) is 92.6 cm³/mol. The van der Waals surface area contributed by atoms with E-state index >= 15 is 0 Å². The molecule has 0 saturated heterocycles. The van der Waals surface area contributed by atoms with Crippen LogP contribution in [-0.2, 0) is 11.2 Å². The fourth-order valence-corrected chi connectivity index (χ4v) is 3.71. The van der Waals surface area contributed by atoms with E-state index in [9.17, 15) is 9.90 Å². The van der Waals surface area contributed by atoms with E-state index in [1.165, 1.54) is 12.8 Å². The third kappa shape index (κ3) is 5.63. The van der Waals surface area contributed by atoms with Crippen LogP contribution in [-0.4, -0.2) is 23.2 Å². The van der Waals surface area contributed by atoms with Crippen molar-refractivity contribution >= 4 is 5.91 Å². The second-order valence-corrected chi connectivity index (χ2v) is 6.92. The maximum absolute atomic E-state index is 11.9. The highest BCUT2D eigenvalue weighted by molar-refractivity contribution is 5.77. The zero-order chi connectivity index (χ0) is 16.7. The van der Waals surface area contributed by atoms with Gasteiger partial charge in [0, 0.05) is 12.0 Å². The van der Waals surface area contributed by atoms with Gasteiger partial charge in [-0.1, -0.05) is 56.0 Å². The first-order chi connectivity index (χ1) is 11.1. The summed E-state index contributed by atoms with van der Waals surface area (Å²) in [5.41, 5.74) is 12.9. The molecular formula is C19H30N2O2. The number of hydrogen-bond donors (Lipinski definition) is 3. The van der Waals surface area contributed by atoms with E-state index in [0.717, 1.165) is 31.2 Å². The van der Waals surface area contributed by atoms with Gasteiger partial charge >= 0.3 is 0 Å². The Morgan fingerprint density at radius 2 is 1.74 bits per heavy atom. The SMILES string of the molecule is NC(=O)[C@@H](C[C@H](O)[C@@H](N)Cc1ccccc1)C1CCCCCC1. The van der Waals surface area contributed by atoms with E-state index in [2.05, 4.69) is 0 Å². The first-order valence-corrected chi connectivity index (χ1v) is 8.85. The lowest BCUT2D eigenvalue weighted by atomic mass is 9.80. The molecule has 0 bridgehead atoms. The fourth-order valence-electron chi connectivity index (χ4n) is 3.71. The van der Waals surface area contributed by atoms with Crippen molar-refractivity contribution in [3.8, 4) is 0 Å². The molecule has 1 fully saturated rings. The number of amides is 1. The number of primary amides is 1. The molecule has 0 unspecified atom stereocenters. The van der Waals surface area contributed by atoms with Gasteiger partial charge in [-0.15, -0.1) is 0 Å². The number of carbonyl (C=O) groups excluding carboxylic acids is 1. The van der Waals surface area contributed by atoms with Gasteiger partial charge in [-0.3, -0.25) is 4.79 Å². The van der Waals surface area contributed by atoms with Gasteiger partial charge in [-0.05, 0) is 37.2 Å². The van der Waals surface area contributed by atoms with Crippen molar-refractivity contribution in [3.63, 3.8) is 0 Å². The van der Waals surface area contributed by atoms with Crippen LogP contribution < -0.4 is 11.5 Å². The molecule has 1 aliphatic carbocycles. The molecule has 1 saturated carbocycles. The number of rotatable bonds is 7. The molecule has 1 aromatic rings. The zero-order valence-electron chi connectivity index (χ0n) is 13.9. The van der Waals surface area contributed by atoms with Crippen LogP contribution in [0.15, 0.2) is 30.3 Å². The molecule has 0 aromatic heterocycles. The Balaban J connectivity index is 1.93. The molecule has 1 aliphatic rings. The summed E-state index contributed by atoms with van der Waals surface area (Å²) in [6.45, 7) is 0. The average Bonchev–Trinajstić information content (AvgIpc) is 2.82. The topological polar surface area (TPSA) is 89.3 Å². The molecule has 1 amide bonds. The Morgan fingerprint density at radius 3 is 2.30 bits per heavy atom. The molecular weight excluding hydrogens is 288 g/mol. The third-order valence-corrected chi connectivity index (χ3v) is 5.14. The summed E-state index contributed by atoms with van der Waals surface area (Å²) in [6.07, 6.45) is 7.14. The number of carbonyl (C=O) groups is 1. The van der Waals surface area contributed by atoms with Gasteiger partial charge in [-0.25, -0.2) is 0 Å². The van der Waals surface area contributed by atoms with Crippen LogP contribution in [0, 0.1) is 11.8 Å². The highest BCUT2D eigenvalue weighted by Crippen LogP contribution is 2.32. The lowest BCUT2D eigenvalue weighted by molar-refractivity contribution is -0.125. The Labute approximate surface area is 139 Å². The fraction of sp³-hybridized carbons (Fsp3) is 0.632. The molecule has 5 N–H and O–H groups in total. The maximum Gasteiger partial charge on any atom is 0.220 e. The maximum atomic E-state index is 11.9. The van der Waals surface area contributed by atoms with Crippen molar-refractivity contribution in [2.45, 2.75) is 63.5 Å². The monoisotopic (exact) mass is 318 g/mol. The molecule has 3 atom stereocenters. The van der Waals surface area contributed by atoms with Crippen molar-refractivity contribution in [1.82, 2.24) is 0 Å². The van der Waals surface area contributed by atoms with Crippen molar-refractivity contribution in [1.29, 1.82) is 0 Å². The molecule has 0 heterocycles. The smallest absolute Gasteiger partial charge is 0.220 e. The van der Waals surface area contributed by atoms with Crippen molar-refractivity contribution in [2.24, 2.45) is 23.3 Å². The summed E-state index contributed by atoms with van der Waals surface area (Å²) in [6, 6.07) is 9.52. The molecule has 1 aromatic carbocycles. The Hall–Kier alpha value is -1.39. The van der Waals surface area contributed by atoms with Crippen LogP contribution in [0.2, 0.25) is 0 Å². The first kappa shape index (κ1) is 18.0. The molecule has 4 heteroatoms. The van der Waals surface area contributed by atoms with Gasteiger partial charge in [-0.2, -0.15) is 0 Å². The number of aliphatic hydroxyl groups excluding tert-OH is 1. The molecule has 0 aliphatic heterocycles. The molecule has 2 rings (SSSR count). The van der Waals surface area contributed by atoms with Crippen molar-refractivity contribution in [2.75, 3.05) is 0 Å². The van der Waals surface area contributed by atoms with E-state index in [1.807, 2.05) is 30.3 Å². The highest BCUT2D eigenvalue weighted by atomic mass is 16.3. The van der Waals surface area contributed by atoms with Gasteiger partial charge in [0.15, 0.2) is 0 Å². The summed E-state index contributed by atoms with van der Waals surface area (Å²) >= 11 is 0. The minimum absolute atomic E-state index is 0.259. The lowest BCUT2D eigenvalue weighted by Gasteiger charge is -2.28. The Morgan fingerprint density at radius 1 is 1.13 bits per heavy atom. The summed E-state index contributed by atoms with van der Waals surface area (Å²) in [4.78, 5) is 11.9. The number of aliphatic hydroxyl groups is 1. The quantitative estimate of drug-likeness (QED) is 0.674. The van der Waals surface area contributed by atoms with E-state index in [4.69, 9.17) is 11.5 Å². The van der Waals surface area contributed by atoms with Gasteiger partial charge in [0.2, 0.25) is 5.91 Å². The summed E-state index contributed by atoms with van der Waals surface area (Å²) in [7, 11) is 0. The number of nitrogens with two attached hydrogens (primary N) is 2. The van der Waals surface area contributed by atoms with Crippen LogP contribution in [0.1, 0.15) is 50.5 Å². The van der Waals surface area contributed by atoms with Crippen LogP contribution in [0.3, 0.4) is 0 Å². The van der Waals surface area contributed by atoms with Gasteiger partial charge < -0.3 is 16.6 Å². The predicted octanol–water partition coefficient (Wildman–Crippen LogP) is 2.38. The normalized spacial score (nSPS) is 20.4. The van der Waals surface area contributed by atoms with Gasteiger partial charge in [0.1, 0.15) is 0 Å². The van der Waals surface area contributed by atoms with Crippen molar-refractivity contribution in [3.05, 3.63) is 35.9 Å². The van der Waals surface area contributed by atoms with Gasteiger partial charge in [0.25, 0.3) is 0 Å². The number of hydrogen-bond acceptors (Lipinski definition) is 3. The summed E-state index contributed by atoms with van der Waals surface area (Å²) < 4.78 is 0. The highest BCUT2D eigenvalue weighted by Gasteiger charge is 2.31. The Bertz CT molecular complexity index is 470. The van der Waals surface area contributed by atoms with Gasteiger partial charge in [0.05, 0.1) is 6.10 Å². The van der Waals surface area contributed by atoms with E-state index in [-0.39, 0.29) is 17.9 Å². The van der Waals surface area contributed by atoms with E-state index in [1.54, 1.807) is 0 Å². The standard InChI is InChI=1S/C19H30N2O2/c20-17(12-14-8-4-3-5-9-14)18(22)13-16(19(21)23)15-10-6-1-2-7-11-15/h3-5,8-9,15-18,22H,1-2,6-7,10-13,20H2,(H2,21,23)/t16-,17-,18-/m0/s1. The minimum atomic E-state index is -0.698. The summed E-state index contributed by atoms with van der Waals surface area (Å²) in [5, 5.41) is 10.5. The number of benzene rings is 1. The van der Waals surface area contributed by atoms with Crippen LogP contribution >= 0.6 is 0 Å². The first-order valence-electron chi connectivity index (χ1n) is 8.85. The van der Waals surface area contributed by atoms with E-state index in [0.29, 0.717) is 18.8 Å². The van der Waals surface area contributed by atoms with Crippen molar-refractivity contribution < 1.29 is 9.90 Å². The molecule has 128 valence electrons. The molecule has 0 spiro atoms. The largest absolute Gasteiger partial charge is 0.391 e. The average molecular weight is 318 g/mol. The second kappa shape index (κ2) is 9.04. The van der Waals surface area contributed by atoms with Crippen LogP contribution in [0.5, 0.6) is 0 Å². The minimum Gasteiger partial charge on any atom is -0.391 e. The molecule has 0 radical (unpaired) electrons. The molecule has 23 heavy (non-hydrogen) atoms. The Kier molecular flexibility index (Phi) is 7.06. The zero-order valence-corrected chi connectivity index (χ0v) is 13.9. The van der Waals surface area contributed by atoms with E-state index < -0.39 is 6.10 Å². The molecule has 4 nitrogen and oxygen atoms in total. The summed E-state index contributed by atoms with van der Waals surface area (Å²) in [5.74, 6) is -0.249. The lowest BCUT2D eigenvalue weighted by Crippen LogP contribution is -2.41.